The van der Waals surface area contributed by atoms with Crippen molar-refractivity contribution in [2.45, 2.75) is 37.0 Å². The molecule has 1 saturated heterocycles. The molecule has 3 fully saturated rings. The van der Waals surface area contributed by atoms with E-state index in [0.717, 1.165) is 16.3 Å². The van der Waals surface area contributed by atoms with Crippen LogP contribution in [0.25, 0.3) is 0 Å². The first kappa shape index (κ1) is 19.7. The van der Waals surface area contributed by atoms with E-state index < -0.39 is 10.0 Å². The summed E-state index contributed by atoms with van der Waals surface area (Å²) < 4.78 is 27.9. The molecular formula is C19H24BrClN2O3S. The van der Waals surface area contributed by atoms with Gasteiger partial charge in [0.15, 0.2) is 0 Å². The largest absolute Gasteiger partial charge is 0.340 e. The van der Waals surface area contributed by atoms with Gasteiger partial charge in [-0.05, 0) is 55.2 Å². The van der Waals surface area contributed by atoms with Crippen LogP contribution in [0.15, 0.2) is 27.6 Å². The molecular weight excluding hydrogens is 452 g/mol. The van der Waals surface area contributed by atoms with Crippen LogP contribution >= 0.6 is 27.5 Å². The topological polar surface area (TPSA) is 57.7 Å². The summed E-state index contributed by atoms with van der Waals surface area (Å²) in [5, 5.41) is 0.208. The van der Waals surface area contributed by atoms with Crippen LogP contribution in [0.2, 0.25) is 5.02 Å². The Labute approximate surface area is 174 Å². The van der Waals surface area contributed by atoms with Crippen LogP contribution in [-0.2, 0) is 14.8 Å². The molecule has 1 aromatic carbocycles. The summed E-state index contributed by atoms with van der Waals surface area (Å²) in [6.07, 6.45) is 5.75. The molecule has 0 radical (unpaired) electrons. The fourth-order valence-corrected chi connectivity index (χ4v) is 7.41. The van der Waals surface area contributed by atoms with E-state index in [1.807, 2.05) is 4.90 Å². The number of hydrogen-bond donors (Lipinski definition) is 0. The molecule has 0 unspecified atom stereocenters. The van der Waals surface area contributed by atoms with E-state index in [1.165, 1.54) is 36.1 Å². The van der Waals surface area contributed by atoms with Crippen LogP contribution < -0.4 is 0 Å². The van der Waals surface area contributed by atoms with Gasteiger partial charge in [0, 0.05) is 37.1 Å². The number of carbonyl (C=O) groups excluding carboxylic acids is 1. The van der Waals surface area contributed by atoms with Crippen molar-refractivity contribution in [1.29, 1.82) is 0 Å². The number of piperazine rings is 1. The lowest BCUT2D eigenvalue weighted by atomic mass is 9.86. The van der Waals surface area contributed by atoms with Gasteiger partial charge in [0.25, 0.3) is 0 Å². The second-order valence-corrected chi connectivity index (χ2v) is 11.2. The molecule has 2 bridgehead atoms. The summed E-state index contributed by atoms with van der Waals surface area (Å²) in [5.74, 6) is 2.30. The molecule has 0 spiro atoms. The smallest absolute Gasteiger partial charge is 0.244 e. The molecule has 1 amide bonds. The fourth-order valence-electron chi connectivity index (χ4n) is 4.98. The van der Waals surface area contributed by atoms with Crippen molar-refractivity contribution in [2.24, 2.45) is 17.8 Å². The quantitative estimate of drug-likeness (QED) is 0.666. The van der Waals surface area contributed by atoms with E-state index in [4.69, 9.17) is 11.6 Å². The maximum Gasteiger partial charge on any atom is 0.244 e. The van der Waals surface area contributed by atoms with Crippen molar-refractivity contribution < 1.29 is 13.2 Å². The molecule has 0 N–H and O–H groups in total. The SMILES string of the molecule is O=C(C[C@H]1C[C@H]2CC[C@H]1C2)N1CCN(S(=O)(=O)c2ccc(Br)cc2Cl)CC1. The number of amides is 1. The Balaban J connectivity index is 1.36. The molecule has 1 aromatic rings. The van der Waals surface area contributed by atoms with E-state index >= 15 is 0 Å². The minimum absolute atomic E-state index is 0.120. The number of fused-ring (bicyclic) bond motifs is 2. The fraction of sp³-hybridized carbons (Fsp3) is 0.632. The third-order valence-corrected chi connectivity index (χ3v) is 9.30. The van der Waals surface area contributed by atoms with Crippen molar-refractivity contribution in [3.05, 3.63) is 27.7 Å². The molecule has 3 aliphatic rings. The molecule has 1 heterocycles. The summed E-state index contributed by atoms with van der Waals surface area (Å²) in [6.45, 7) is 1.54. The number of nitrogens with zero attached hydrogens (tertiary/aromatic N) is 2. The Hall–Kier alpha value is -0.630. The van der Waals surface area contributed by atoms with E-state index in [2.05, 4.69) is 15.9 Å². The van der Waals surface area contributed by atoms with Gasteiger partial charge >= 0.3 is 0 Å². The van der Waals surface area contributed by atoms with E-state index in [9.17, 15) is 13.2 Å². The Morgan fingerprint density at radius 2 is 1.89 bits per heavy atom. The van der Waals surface area contributed by atoms with Gasteiger partial charge in [0.2, 0.25) is 15.9 Å². The highest BCUT2D eigenvalue weighted by Crippen LogP contribution is 2.49. The Bertz CT molecular complexity index is 839. The van der Waals surface area contributed by atoms with Gasteiger partial charge in [-0.1, -0.05) is 34.0 Å². The normalized spacial score (nSPS) is 28.7. The highest BCUT2D eigenvalue weighted by Gasteiger charge is 2.41. The van der Waals surface area contributed by atoms with E-state index in [-0.39, 0.29) is 15.8 Å². The zero-order valence-electron chi connectivity index (χ0n) is 15.1. The summed E-state index contributed by atoms with van der Waals surface area (Å²) in [7, 11) is -3.65. The van der Waals surface area contributed by atoms with Crippen LogP contribution in [0.3, 0.4) is 0 Å². The average Bonchev–Trinajstić information content (AvgIpc) is 3.24. The molecule has 2 saturated carbocycles. The molecule has 8 heteroatoms. The molecule has 5 nitrogen and oxygen atoms in total. The lowest BCUT2D eigenvalue weighted by molar-refractivity contribution is -0.133. The molecule has 148 valence electrons. The third-order valence-electron chi connectivity index (χ3n) is 6.42. The Morgan fingerprint density at radius 1 is 1.15 bits per heavy atom. The summed E-state index contributed by atoms with van der Waals surface area (Å²) in [4.78, 5) is 14.6. The van der Waals surface area contributed by atoms with Crippen LogP contribution in [0.5, 0.6) is 0 Å². The first-order valence-corrected chi connectivity index (χ1v) is 12.2. The third kappa shape index (κ3) is 3.93. The first-order chi connectivity index (χ1) is 12.8. The Morgan fingerprint density at radius 3 is 2.48 bits per heavy atom. The zero-order valence-corrected chi connectivity index (χ0v) is 18.3. The van der Waals surface area contributed by atoms with E-state index in [1.54, 1.807) is 12.1 Å². The van der Waals surface area contributed by atoms with Crippen LogP contribution in [0.1, 0.15) is 32.1 Å². The zero-order chi connectivity index (χ0) is 19.2. The van der Waals surface area contributed by atoms with Gasteiger partial charge in [-0.25, -0.2) is 8.42 Å². The number of carbonyl (C=O) groups is 1. The van der Waals surface area contributed by atoms with Gasteiger partial charge < -0.3 is 4.90 Å². The van der Waals surface area contributed by atoms with Crippen molar-refractivity contribution in [3.63, 3.8) is 0 Å². The lowest BCUT2D eigenvalue weighted by Gasteiger charge is -2.35. The standard InChI is InChI=1S/C19H24BrClN2O3S/c20-16-3-4-18(17(21)12-16)27(25,26)23-7-5-22(6-8-23)19(24)11-15-10-13-1-2-14(15)9-13/h3-4,12-15H,1-2,5-11H2/t13-,14-,15+/m0/s1. The minimum Gasteiger partial charge on any atom is -0.340 e. The van der Waals surface area contributed by atoms with Crippen molar-refractivity contribution in [1.82, 2.24) is 9.21 Å². The van der Waals surface area contributed by atoms with Gasteiger partial charge in [-0.3, -0.25) is 4.79 Å². The second-order valence-electron chi connectivity index (χ2n) is 8.00. The summed E-state index contributed by atoms with van der Waals surface area (Å²) >= 11 is 9.43. The minimum atomic E-state index is -3.65. The predicted octanol–water partition coefficient (Wildman–Crippen LogP) is 3.76. The first-order valence-electron chi connectivity index (χ1n) is 9.57. The van der Waals surface area contributed by atoms with Gasteiger partial charge in [-0.15, -0.1) is 0 Å². The van der Waals surface area contributed by atoms with Gasteiger partial charge in [0.1, 0.15) is 4.90 Å². The molecule has 2 aliphatic carbocycles. The molecule has 4 rings (SSSR count). The maximum atomic E-state index is 12.9. The molecule has 3 atom stereocenters. The summed E-state index contributed by atoms with van der Waals surface area (Å²) in [5.41, 5.74) is 0. The number of hydrogen-bond acceptors (Lipinski definition) is 3. The molecule has 0 aromatic heterocycles. The monoisotopic (exact) mass is 474 g/mol. The van der Waals surface area contributed by atoms with Crippen LogP contribution in [0.4, 0.5) is 0 Å². The predicted molar refractivity (Wildman–Crippen MR) is 108 cm³/mol. The average molecular weight is 476 g/mol. The van der Waals surface area contributed by atoms with Crippen LogP contribution in [0, 0.1) is 17.8 Å². The number of halogens is 2. The summed E-state index contributed by atoms with van der Waals surface area (Å²) in [6, 6.07) is 4.78. The maximum absolute atomic E-state index is 12.9. The van der Waals surface area contributed by atoms with Crippen molar-refractivity contribution >= 4 is 43.5 Å². The number of rotatable bonds is 4. The van der Waals surface area contributed by atoms with Gasteiger partial charge in [0.05, 0.1) is 5.02 Å². The van der Waals surface area contributed by atoms with Gasteiger partial charge in [-0.2, -0.15) is 4.31 Å². The van der Waals surface area contributed by atoms with Crippen molar-refractivity contribution in [3.8, 4) is 0 Å². The highest BCUT2D eigenvalue weighted by atomic mass is 79.9. The lowest BCUT2D eigenvalue weighted by Crippen LogP contribution is -2.50. The highest BCUT2D eigenvalue weighted by molar-refractivity contribution is 9.10. The van der Waals surface area contributed by atoms with E-state index in [0.29, 0.717) is 38.5 Å². The second kappa shape index (κ2) is 7.65. The number of benzene rings is 1. The molecule has 27 heavy (non-hydrogen) atoms. The Kier molecular flexibility index (Phi) is 5.58. The molecule has 1 aliphatic heterocycles. The van der Waals surface area contributed by atoms with Crippen molar-refractivity contribution in [2.75, 3.05) is 26.2 Å². The number of sulfonamides is 1. The van der Waals surface area contributed by atoms with Crippen LogP contribution in [-0.4, -0.2) is 49.7 Å².